The number of halogens is 1. The highest BCUT2D eigenvalue weighted by molar-refractivity contribution is 6.29. The van der Waals surface area contributed by atoms with Crippen molar-refractivity contribution in [3.63, 3.8) is 0 Å². The molecule has 0 saturated heterocycles. The van der Waals surface area contributed by atoms with Gasteiger partial charge in [0.15, 0.2) is 6.10 Å². The highest BCUT2D eigenvalue weighted by Gasteiger charge is 2.26. The van der Waals surface area contributed by atoms with Crippen molar-refractivity contribution in [1.82, 2.24) is 10.3 Å². The van der Waals surface area contributed by atoms with Crippen molar-refractivity contribution < 1.29 is 19.1 Å². The minimum absolute atomic E-state index is 0.176. The quantitative estimate of drug-likeness (QED) is 0.518. The molecule has 0 bridgehead atoms. The minimum atomic E-state index is -0.934. The Balaban J connectivity index is 1.42. The van der Waals surface area contributed by atoms with Crippen LogP contribution in [0.15, 0.2) is 54.6 Å². The summed E-state index contributed by atoms with van der Waals surface area (Å²) in [6.07, 6.45) is -0.277. The van der Waals surface area contributed by atoms with Gasteiger partial charge in [-0.25, -0.2) is 9.78 Å². The van der Waals surface area contributed by atoms with E-state index in [1.807, 2.05) is 24.3 Å². The molecule has 1 aliphatic heterocycles. The third kappa shape index (κ3) is 4.17. The molecule has 1 aliphatic rings. The van der Waals surface area contributed by atoms with Crippen LogP contribution in [0.25, 0.3) is 10.9 Å². The number of ether oxygens (including phenoxy) is 2. The number of benzene rings is 2. The van der Waals surface area contributed by atoms with Crippen molar-refractivity contribution in [2.75, 3.05) is 6.61 Å². The van der Waals surface area contributed by atoms with Crippen molar-refractivity contribution in [2.45, 2.75) is 25.5 Å². The molecule has 0 fully saturated rings. The summed E-state index contributed by atoms with van der Waals surface area (Å²) in [5.41, 5.74) is 1.95. The van der Waals surface area contributed by atoms with Gasteiger partial charge in [0, 0.05) is 17.4 Å². The monoisotopic (exact) mass is 410 g/mol. The molecule has 1 amide bonds. The number of pyridine rings is 1. The van der Waals surface area contributed by atoms with Crippen LogP contribution in [0.4, 0.5) is 0 Å². The first-order valence-corrected chi connectivity index (χ1v) is 9.68. The normalized spacial score (nSPS) is 16.4. The van der Waals surface area contributed by atoms with Crippen LogP contribution in [0.3, 0.4) is 0 Å². The van der Waals surface area contributed by atoms with E-state index in [4.69, 9.17) is 21.1 Å². The van der Waals surface area contributed by atoms with Crippen LogP contribution in [0.1, 0.15) is 35.3 Å². The molecule has 2 heterocycles. The SMILES string of the molecule is CC(OC(=O)c1ccc2nc(Cl)ccc2c1)C(=O)NC1CCOc2ccccc21. The lowest BCUT2D eigenvalue weighted by Gasteiger charge is -2.27. The predicted octanol–water partition coefficient (Wildman–Crippen LogP) is 4.07. The maximum absolute atomic E-state index is 12.6. The fourth-order valence-corrected chi connectivity index (χ4v) is 3.44. The maximum Gasteiger partial charge on any atom is 0.338 e. The fourth-order valence-electron chi connectivity index (χ4n) is 3.29. The van der Waals surface area contributed by atoms with Crippen molar-refractivity contribution in [3.05, 3.63) is 70.9 Å². The van der Waals surface area contributed by atoms with Crippen molar-refractivity contribution in [1.29, 1.82) is 0 Å². The molecule has 4 rings (SSSR count). The van der Waals surface area contributed by atoms with Crippen LogP contribution in [0.2, 0.25) is 5.15 Å². The number of nitrogens with zero attached hydrogens (tertiary/aromatic N) is 1. The van der Waals surface area contributed by atoms with Gasteiger partial charge in [-0.05, 0) is 43.3 Å². The van der Waals surface area contributed by atoms with Gasteiger partial charge < -0.3 is 14.8 Å². The smallest absolute Gasteiger partial charge is 0.338 e. The van der Waals surface area contributed by atoms with E-state index >= 15 is 0 Å². The van der Waals surface area contributed by atoms with Gasteiger partial charge >= 0.3 is 5.97 Å². The summed E-state index contributed by atoms with van der Waals surface area (Å²) in [5, 5.41) is 4.09. The Hall–Kier alpha value is -3.12. The summed E-state index contributed by atoms with van der Waals surface area (Å²) < 4.78 is 11.0. The molecule has 2 unspecified atom stereocenters. The molecule has 0 saturated carbocycles. The zero-order valence-electron chi connectivity index (χ0n) is 15.7. The number of aromatic nitrogens is 1. The molecular weight excluding hydrogens is 392 g/mol. The molecule has 148 valence electrons. The second-order valence-electron chi connectivity index (χ2n) is 6.83. The van der Waals surface area contributed by atoms with Crippen LogP contribution >= 0.6 is 11.6 Å². The van der Waals surface area contributed by atoms with Crippen molar-refractivity contribution in [2.24, 2.45) is 0 Å². The third-order valence-electron chi connectivity index (χ3n) is 4.82. The summed E-state index contributed by atoms with van der Waals surface area (Å²) in [6.45, 7) is 2.08. The standard InChI is InChI=1S/C22H19ClN2O4/c1-13(21(26)25-18-10-11-28-19-5-3-2-4-16(18)19)29-22(27)15-6-8-17-14(12-15)7-9-20(23)24-17/h2-9,12-13,18H,10-11H2,1H3,(H,25,26). The molecule has 1 aromatic heterocycles. The van der Waals surface area contributed by atoms with E-state index in [1.165, 1.54) is 0 Å². The number of rotatable bonds is 4. The summed E-state index contributed by atoms with van der Waals surface area (Å²) in [7, 11) is 0. The summed E-state index contributed by atoms with van der Waals surface area (Å²) in [4.78, 5) is 29.3. The van der Waals surface area contributed by atoms with Crippen LogP contribution in [-0.4, -0.2) is 29.6 Å². The summed E-state index contributed by atoms with van der Waals surface area (Å²) in [6, 6.07) is 15.8. The number of amides is 1. The Morgan fingerprint density at radius 1 is 1.21 bits per heavy atom. The topological polar surface area (TPSA) is 77.5 Å². The van der Waals surface area contributed by atoms with Gasteiger partial charge in [0.05, 0.1) is 23.7 Å². The number of para-hydroxylation sites is 1. The number of nitrogens with one attached hydrogen (secondary N) is 1. The molecule has 2 aromatic carbocycles. The molecule has 1 N–H and O–H groups in total. The van der Waals surface area contributed by atoms with Gasteiger partial charge in [-0.3, -0.25) is 4.79 Å². The van der Waals surface area contributed by atoms with E-state index in [0.717, 1.165) is 16.7 Å². The lowest BCUT2D eigenvalue weighted by molar-refractivity contribution is -0.130. The first kappa shape index (κ1) is 19.2. The number of hydrogen-bond donors (Lipinski definition) is 1. The number of esters is 1. The average Bonchev–Trinajstić information content (AvgIpc) is 2.73. The molecule has 2 atom stereocenters. The van der Waals surface area contributed by atoms with E-state index in [0.29, 0.717) is 29.3 Å². The number of fused-ring (bicyclic) bond motifs is 2. The average molecular weight is 411 g/mol. The van der Waals surface area contributed by atoms with Gasteiger partial charge in [-0.15, -0.1) is 0 Å². The molecule has 0 radical (unpaired) electrons. The minimum Gasteiger partial charge on any atom is -0.493 e. The van der Waals surface area contributed by atoms with E-state index in [2.05, 4.69) is 10.3 Å². The van der Waals surface area contributed by atoms with Crippen LogP contribution in [0.5, 0.6) is 5.75 Å². The van der Waals surface area contributed by atoms with Crippen molar-refractivity contribution in [3.8, 4) is 5.75 Å². The van der Waals surface area contributed by atoms with Crippen molar-refractivity contribution >= 4 is 34.4 Å². The lowest BCUT2D eigenvalue weighted by atomic mass is 10.0. The molecule has 29 heavy (non-hydrogen) atoms. The highest BCUT2D eigenvalue weighted by atomic mass is 35.5. The summed E-state index contributed by atoms with van der Waals surface area (Å²) >= 11 is 5.88. The summed E-state index contributed by atoms with van der Waals surface area (Å²) in [5.74, 6) is -0.162. The Labute approximate surface area is 172 Å². The highest BCUT2D eigenvalue weighted by Crippen LogP contribution is 2.31. The second kappa shape index (κ2) is 8.09. The number of carbonyl (C=O) groups excluding carboxylic acids is 2. The zero-order chi connectivity index (χ0) is 20.4. The maximum atomic E-state index is 12.6. The Morgan fingerprint density at radius 3 is 2.90 bits per heavy atom. The van der Waals surface area contributed by atoms with E-state index in [-0.39, 0.29) is 11.9 Å². The predicted molar refractivity (Wildman–Crippen MR) is 109 cm³/mol. The largest absolute Gasteiger partial charge is 0.493 e. The van der Waals surface area contributed by atoms with Gasteiger partial charge in [0.1, 0.15) is 10.9 Å². The third-order valence-corrected chi connectivity index (χ3v) is 5.03. The van der Waals surface area contributed by atoms with Gasteiger partial charge in [0.25, 0.3) is 5.91 Å². The van der Waals surface area contributed by atoms with Gasteiger partial charge in [-0.2, -0.15) is 0 Å². The lowest BCUT2D eigenvalue weighted by Crippen LogP contribution is -2.39. The van der Waals surface area contributed by atoms with Gasteiger partial charge in [0.2, 0.25) is 0 Å². The van der Waals surface area contributed by atoms with Gasteiger partial charge in [-0.1, -0.05) is 29.8 Å². The van der Waals surface area contributed by atoms with Crippen LogP contribution in [-0.2, 0) is 9.53 Å². The fraction of sp³-hybridized carbons (Fsp3) is 0.227. The molecule has 3 aromatic rings. The molecule has 7 heteroatoms. The number of carbonyl (C=O) groups is 2. The van der Waals surface area contributed by atoms with E-state index in [9.17, 15) is 9.59 Å². The molecule has 0 aliphatic carbocycles. The van der Waals surface area contributed by atoms with E-state index < -0.39 is 12.1 Å². The molecular formula is C22H19ClN2O4. The molecule has 0 spiro atoms. The Morgan fingerprint density at radius 2 is 2.03 bits per heavy atom. The first-order valence-electron chi connectivity index (χ1n) is 9.30. The first-order chi connectivity index (χ1) is 14.0. The Bertz CT molecular complexity index is 1090. The Kier molecular flexibility index (Phi) is 5.36. The van der Waals surface area contributed by atoms with Crippen LogP contribution in [0, 0.1) is 0 Å². The zero-order valence-corrected chi connectivity index (χ0v) is 16.5. The second-order valence-corrected chi connectivity index (χ2v) is 7.21. The van der Waals surface area contributed by atoms with E-state index in [1.54, 1.807) is 37.3 Å². The van der Waals surface area contributed by atoms with Crippen LogP contribution < -0.4 is 10.1 Å². The molecule has 6 nitrogen and oxygen atoms in total. The number of hydrogen-bond acceptors (Lipinski definition) is 5.